The van der Waals surface area contributed by atoms with Crippen molar-refractivity contribution >= 4 is 5.97 Å². The highest BCUT2D eigenvalue weighted by Crippen LogP contribution is 2.28. The second kappa shape index (κ2) is 7.88. The van der Waals surface area contributed by atoms with Gasteiger partial charge < -0.3 is 19.9 Å². The number of benzene rings is 1. The molecule has 0 fully saturated rings. The van der Waals surface area contributed by atoms with Gasteiger partial charge in [0, 0.05) is 6.54 Å². The van der Waals surface area contributed by atoms with Gasteiger partial charge >= 0.3 is 5.97 Å². The van der Waals surface area contributed by atoms with Gasteiger partial charge in [-0.1, -0.05) is 6.07 Å². The molecule has 21 heavy (non-hydrogen) atoms. The molecule has 1 rings (SSSR count). The van der Waals surface area contributed by atoms with Gasteiger partial charge in [0.1, 0.15) is 0 Å². The number of ether oxygens (including phenoxy) is 2. The first-order valence-corrected chi connectivity index (χ1v) is 7.14. The smallest absolute Gasteiger partial charge is 0.309 e. The van der Waals surface area contributed by atoms with E-state index in [0.717, 1.165) is 11.3 Å². The lowest BCUT2D eigenvalue weighted by atomic mass is 9.90. The molecule has 1 aromatic carbocycles. The first kappa shape index (κ1) is 17.3. The molecule has 0 aliphatic heterocycles. The molecule has 0 bridgehead atoms. The number of carboxylic acid groups (broad SMARTS) is 1. The molecule has 0 aromatic heterocycles. The maximum atomic E-state index is 11.0. The first-order chi connectivity index (χ1) is 9.90. The van der Waals surface area contributed by atoms with Crippen molar-refractivity contribution in [2.75, 3.05) is 20.3 Å². The van der Waals surface area contributed by atoms with E-state index >= 15 is 0 Å². The van der Waals surface area contributed by atoms with Crippen LogP contribution < -0.4 is 14.8 Å². The summed E-state index contributed by atoms with van der Waals surface area (Å²) < 4.78 is 10.8. The number of aliphatic carboxylic acids is 1. The molecule has 0 spiro atoms. The maximum Gasteiger partial charge on any atom is 0.309 e. The summed E-state index contributed by atoms with van der Waals surface area (Å²) in [5, 5.41) is 12.3. The number of carboxylic acids is 1. The van der Waals surface area contributed by atoms with Crippen molar-refractivity contribution < 1.29 is 19.4 Å². The SMILES string of the molecule is CCOc1cc(CNCCC(C)(C)C(=O)O)ccc1OC. The van der Waals surface area contributed by atoms with Crippen molar-refractivity contribution in [3.05, 3.63) is 23.8 Å². The van der Waals surface area contributed by atoms with Gasteiger partial charge in [-0.2, -0.15) is 0 Å². The highest BCUT2D eigenvalue weighted by Gasteiger charge is 2.26. The summed E-state index contributed by atoms with van der Waals surface area (Å²) in [5.74, 6) is 0.671. The number of carbonyl (C=O) groups is 1. The lowest BCUT2D eigenvalue weighted by molar-refractivity contribution is -0.147. The molecule has 0 saturated heterocycles. The molecular formula is C16H25NO4. The number of hydrogen-bond acceptors (Lipinski definition) is 4. The Morgan fingerprint density at radius 3 is 2.62 bits per heavy atom. The lowest BCUT2D eigenvalue weighted by Crippen LogP contribution is -2.28. The summed E-state index contributed by atoms with van der Waals surface area (Å²) in [6.07, 6.45) is 0.580. The van der Waals surface area contributed by atoms with Crippen LogP contribution in [0.3, 0.4) is 0 Å². The van der Waals surface area contributed by atoms with E-state index in [2.05, 4.69) is 5.32 Å². The summed E-state index contributed by atoms with van der Waals surface area (Å²) >= 11 is 0. The third-order valence-electron chi connectivity index (χ3n) is 3.36. The predicted octanol–water partition coefficient (Wildman–Crippen LogP) is 2.68. The highest BCUT2D eigenvalue weighted by atomic mass is 16.5. The zero-order valence-corrected chi connectivity index (χ0v) is 13.2. The number of methoxy groups -OCH3 is 1. The third kappa shape index (κ3) is 5.27. The number of nitrogens with one attached hydrogen (secondary N) is 1. The van der Waals surface area contributed by atoms with Crippen LogP contribution in [0.2, 0.25) is 0 Å². The van der Waals surface area contributed by atoms with Crippen LogP contribution in [0, 0.1) is 5.41 Å². The van der Waals surface area contributed by atoms with E-state index in [4.69, 9.17) is 14.6 Å². The molecule has 1 aromatic rings. The molecule has 2 N–H and O–H groups in total. The molecule has 0 atom stereocenters. The summed E-state index contributed by atoms with van der Waals surface area (Å²) in [5.41, 5.74) is 0.371. The van der Waals surface area contributed by atoms with Crippen LogP contribution in [0.25, 0.3) is 0 Å². The minimum atomic E-state index is -0.771. The van der Waals surface area contributed by atoms with Crippen LogP contribution in [-0.4, -0.2) is 31.3 Å². The summed E-state index contributed by atoms with van der Waals surface area (Å²) in [6, 6.07) is 5.79. The van der Waals surface area contributed by atoms with Crippen molar-refractivity contribution in [3.63, 3.8) is 0 Å². The average molecular weight is 295 g/mol. The fourth-order valence-electron chi connectivity index (χ4n) is 1.84. The van der Waals surface area contributed by atoms with E-state index in [1.165, 1.54) is 0 Å². The summed E-state index contributed by atoms with van der Waals surface area (Å²) in [4.78, 5) is 11.0. The maximum absolute atomic E-state index is 11.0. The van der Waals surface area contributed by atoms with Crippen LogP contribution >= 0.6 is 0 Å². The van der Waals surface area contributed by atoms with Crippen LogP contribution in [-0.2, 0) is 11.3 Å². The van der Waals surface area contributed by atoms with Gasteiger partial charge in [0.05, 0.1) is 19.1 Å². The van der Waals surface area contributed by atoms with E-state index in [1.807, 2.05) is 25.1 Å². The molecule has 0 saturated carbocycles. The molecule has 118 valence electrons. The van der Waals surface area contributed by atoms with E-state index < -0.39 is 11.4 Å². The van der Waals surface area contributed by atoms with Crippen molar-refractivity contribution in [2.45, 2.75) is 33.7 Å². The van der Waals surface area contributed by atoms with Gasteiger partial charge in [0.25, 0.3) is 0 Å². The Bertz CT molecular complexity index is 471. The Labute approximate surface area is 126 Å². The molecule has 5 heteroatoms. The minimum Gasteiger partial charge on any atom is -0.493 e. The molecule has 0 heterocycles. The van der Waals surface area contributed by atoms with E-state index in [1.54, 1.807) is 21.0 Å². The van der Waals surface area contributed by atoms with Gasteiger partial charge in [-0.05, 0) is 51.4 Å². The van der Waals surface area contributed by atoms with Crippen LogP contribution in [0.1, 0.15) is 32.8 Å². The molecule has 0 radical (unpaired) electrons. The van der Waals surface area contributed by atoms with E-state index in [0.29, 0.717) is 31.9 Å². The Hall–Kier alpha value is -1.75. The Balaban J connectivity index is 2.52. The minimum absolute atomic E-state index is 0.580. The molecule has 0 amide bonds. The highest BCUT2D eigenvalue weighted by molar-refractivity contribution is 5.73. The summed E-state index contributed by atoms with van der Waals surface area (Å²) in [7, 11) is 1.61. The monoisotopic (exact) mass is 295 g/mol. The fraction of sp³-hybridized carbons (Fsp3) is 0.562. The van der Waals surface area contributed by atoms with Crippen molar-refractivity contribution in [1.82, 2.24) is 5.32 Å². The summed E-state index contributed by atoms with van der Waals surface area (Å²) in [6.45, 7) is 7.29. The molecule has 0 aliphatic rings. The lowest BCUT2D eigenvalue weighted by Gasteiger charge is -2.19. The second-order valence-corrected chi connectivity index (χ2v) is 5.53. The largest absolute Gasteiger partial charge is 0.493 e. The number of hydrogen-bond donors (Lipinski definition) is 2. The number of rotatable bonds is 9. The Morgan fingerprint density at radius 1 is 1.33 bits per heavy atom. The van der Waals surface area contributed by atoms with E-state index in [9.17, 15) is 4.79 Å². The topological polar surface area (TPSA) is 67.8 Å². The van der Waals surface area contributed by atoms with Gasteiger partial charge in [-0.3, -0.25) is 4.79 Å². The predicted molar refractivity (Wildman–Crippen MR) is 81.9 cm³/mol. The van der Waals surface area contributed by atoms with Crippen molar-refractivity contribution in [3.8, 4) is 11.5 Å². The zero-order valence-electron chi connectivity index (χ0n) is 13.2. The van der Waals surface area contributed by atoms with Crippen molar-refractivity contribution in [1.29, 1.82) is 0 Å². The normalized spacial score (nSPS) is 11.2. The van der Waals surface area contributed by atoms with Gasteiger partial charge in [-0.25, -0.2) is 0 Å². The molecule has 0 aliphatic carbocycles. The van der Waals surface area contributed by atoms with Crippen molar-refractivity contribution in [2.24, 2.45) is 5.41 Å². The van der Waals surface area contributed by atoms with Gasteiger partial charge in [0.15, 0.2) is 11.5 Å². The third-order valence-corrected chi connectivity index (χ3v) is 3.36. The quantitative estimate of drug-likeness (QED) is 0.686. The molecule has 5 nitrogen and oxygen atoms in total. The van der Waals surface area contributed by atoms with E-state index in [-0.39, 0.29) is 0 Å². The Morgan fingerprint density at radius 2 is 2.05 bits per heavy atom. The molecule has 0 unspecified atom stereocenters. The standard InChI is InChI=1S/C16H25NO4/c1-5-21-14-10-12(6-7-13(14)20-4)11-17-9-8-16(2,3)15(18)19/h6-7,10,17H,5,8-9,11H2,1-4H3,(H,18,19). The average Bonchev–Trinajstić information content (AvgIpc) is 2.44. The van der Waals surface area contributed by atoms with Crippen LogP contribution in [0.15, 0.2) is 18.2 Å². The Kier molecular flexibility index (Phi) is 6.49. The van der Waals surface area contributed by atoms with Gasteiger partial charge in [-0.15, -0.1) is 0 Å². The fourth-order valence-corrected chi connectivity index (χ4v) is 1.84. The van der Waals surface area contributed by atoms with Crippen LogP contribution in [0.4, 0.5) is 0 Å². The second-order valence-electron chi connectivity index (χ2n) is 5.53. The zero-order chi connectivity index (χ0) is 15.9. The van der Waals surface area contributed by atoms with Gasteiger partial charge in [0.2, 0.25) is 0 Å². The molecular weight excluding hydrogens is 270 g/mol. The first-order valence-electron chi connectivity index (χ1n) is 7.14. The van der Waals surface area contributed by atoms with Crippen LogP contribution in [0.5, 0.6) is 11.5 Å².